The first-order chi connectivity index (χ1) is 14.5. The fraction of sp³-hybridized carbons (Fsp3) is 0.304. The SMILES string of the molecule is CCCOc1c(Cl)cc(/C=C/C(=O)Nc2ccc(NC(=O)C3CC3)cc2)cc1OC. The maximum absolute atomic E-state index is 12.2. The third kappa shape index (κ3) is 6.00. The van der Waals surface area contributed by atoms with E-state index in [4.69, 9.17) is 21.1 Å². The molecule has 7 heteroatoms. The molecule has 2 aromatic carbocycles. The van der Waals surface area contributed by atoms with Crippen LogP contribution < -0.4 is 20.1 Å². The van der Waals surface area contributed by atoms with E-state index >= 15 is 0 Å². The minimum atomic E-state index is -0.286. The lowest BCUT2D eigenvalue weighted by atomic mass is 10.2. The monoisotopic (exact) mass is 428 g/mol. The van der Waals surface area contributed by atoms with E-state index in [1.54, 1.807) is 49.6 Å². The van der Waals surface area contributed by atoms with Crippen molar-refractivity contribution in [1.29, 1.82) is 0 Å². The first kappa shape index (κ1) is 21.7. The molecule has 1 aliphatic carbocycles. The first-order valence-corrected chi connectivity index (χ1v) is 10.3. The highest BCUT2D eigenvalue weighted by Crippen LogP contribution is 2.37. The van der Waals surface area contributed by atoms with Gasteiger partial charge in [0.15, 0.2) is 11.5 Å². The Labute approximate surface area is 181 Å². The molecule has 0 aliphatic heterocycles. The second kappa shape index (κ2) is 10.2. The fourth-order valence-corrected chi connectivity index (χ4v) is 3.04. The van der Waals surface area contributed by atoms with Crippen molar-refractivity contribution >= 4 is 40.9 Å². The maximum Gasteiger partial charge on any atom is 0.248 e. The van der Waals surface area contributed by atoms with Crippen LogP contribution >= 0.6 is 11.6 Å². The van der Waals surface area contributed by atoms with Gasteiger partial charge < -0.3 is 20.1 Å². The molecular weight excluding hydrogens is 404 g/mol. The van der Waals surface area contributed by atoms with Crippen molar-refractivity contribution in [2.45, 2.75) is 26.2 Å². The van der Waals surface area contributed by atoms with Crippen molar-refractivity contribution in [3.05, 3.63) is 53.1 Å². The topological polar surface area (TPSA) is 76.7 Å². The summed E-state index contributed by atoms with van der Waals surface area (Å²) in [6.07, 6.45) is 5.84. The van der Waals surface area contributed by atoms with Crippen LogP contribution in [0.15, 0.2) is 42.5 Å². The van der Waals surface area contributed by atoms with E-state index in [9.17, 15) is 9.59 Å². The van der Waals surface area contributed by atoms with Gasteiger partial charge in [0.05, 0.1) is 18.7 Å². The summed E-state index contributed by atoms with van der Waals surface area (Å²) in [5.41, 5.74) is 2.06. The number of carbonyl (C=O) groups excluding carboxylic acids is 2. The lowest BCUT2D eigenvalue weighted by Crippen LogP contribution is -2.13. The standard InChI is InChI=1S/C23H25ClN2O4/c1-3-12-30-22-19(24)13-15(14-20(22)29-2)4-11-21(27)25-17-7-9-18(10-8-17)26-23(28)16-5-6-16/h4,7-11,13-14,16H,3,5-6,12H2,1-2H3,(H,25,27)(H,26,28)/b11-4+. The molecule has 0 atom stereocenters. The van der Waals surface area contributed by atoms with Crippen LogP contribution in [-0.2, 0) is 9.59 Å². The highest BCUT2D eigenvalue weighted by molar-refractivity contribution is 6.32. The number of anilines is 2. The van der Waals surface area contributed by atoms with Gasteiger partial charge in [-0.2, -0.15) is 0 Å². The van der Waals surface area contributed by atoms with Gasteiger partial charge in [-0.1, -0.05) is 18.5 Å². The van der Waals surface area contributed by atoms with Crippen molar-refractivity contribution < 1.29 is 19.1 Å². The van der Waals surface area contributed by atoms with Crippen LogP contribution in [0.5, 0.6) is 11.5 Å². The smallest absolute Gasteiger partial charge is 0.248 e. The van der Waals surface area contributed by atoms with Crippen molar-refractivity contribution in [1.82, 2.24) is 0 Å². The molecule has 2 amide bonds. The third-order valence-corrected chi connectivity index (χ3v) is 4.78. The van der Waals surface area contributed by atoms with E-state index in [-0.39, 0.29) is 17.7 Å². The molecule has 158 valence electrons. The highest BCUT2D eigenvalue weighted by Gasteiger charge is 2.29. The molecule has 30 heavy (non-hydrogen) atoms. The number of ether oxygens (including phenoxy) is 2. The van der Waals surface area contributed by atoms with Crippen molar-refractivity contribution in [2.24, 2.45) is 5.92 Å². The molecule has 1 aliphatic rings. The molecule has 0 unspecified atom stereocenters. The number of hydrogen-bond acceptors (Lipinski definition) is 4. The average Bonchev–Trinajstić information content (AvgIpc) is 3.58. The Bertz CT molecular complexity index is 937. The van der Waals surface area contributed by atoms with Gasteiger partial charge in [-0.15, -0.1) is 0 Å². The van der Waals surface area contributed by atoms with Gasteiger partial charge in [0.1, 0.15) is 0 Å². The van der Waals surface area contributed by atoms with E-state index in [0.29, 0.717) is 40.1 Å². The van der Waals surface area contributed by atoms with Crippen LogP contribution in [0.2, 0.25) is 5.02 Å². The number of benzene rings is 2. The Hall–Kier alpha value is -2.99. The van der Waals surface area contributed by atoms with Crippen LogP contribution in [0.1, 0.15) is 31.7 Å². The largest absolute Gasteiger partial charge is 0.493 e. The van der Waals surface area contributed by atoms with Gasteiger partial charge in [0.2, 0.25) is 11.8 Å². The molecule has 0 bridgehead atoms. The molecule has 2 aromatic rings. The number of nitrogens with one attached hydrogen (secondary N) is 2. The normalized spacial score (nSPS) is 13.2. The summed E-state index contributed by atoms with van der Waals surface area (Å²) in [5, 5.41) is 6.07. The summed E-state index contributed by atoms with van der Waals surface area (Å²) in [7, 11) is 1.54. The van der Waals surface area contributed by atoms with Crippen molar-refractivity contribution in [2.75, 3.05) is 24.4 Å². The number of methoxy groups -OCH3 is 1. The summed E-state index contributed by atoms with van der Waals surface area (Å²) in [6.45, 7) is 2.55. The van der Waals surface area contributed by atoms with Crippen LogP contribution in [-0.4, -0.2) is 25.5 Å². The maximum atomic E-state index is 12.2. The highest BCUT2D eigenvalue weighted by atomic mass is 35.5. The van der Waals surface area contributed by atoms with E-state index in [1.807, 2.05) is 6.92 Å². The number of halogens is 1. The molecule has 0 spiro atoms. The van der Waals surface area contributed by atoms with Gasteiger partial charge in [0.25, 0.3) is 0 Å². The zero-order chi connectivity index (χ0) is 21.5. The van der Waals surface area contributed by atoms with Gasteiger partial charge in [-0.25, -0.2) is 0 Å². The minimum absolute atomic E-state index is 0.0509. The molecule has 0 saturated heterocycles. The third-order valence-electron chi connectivity index (χ3n) is 4.50. The molecule has 0 aromatic heterocycles. The Morgan fingerprint density at radius 1 is 1.13 bits per heavy atom. The van der Waals surface area contributed by atoms with Crippen LogP contribution in [0.3, 0.4) is 0 Å². The van der Waals surface area contributed by atoms with Gasteiger partial charge >= 0.3 is 0 Å². The van der Waals surface area contributed by atoms with Crippen LogP contribution in [0, 0.1) is 5.92 Å². The summed E-state index contributed by atoms with van der Waals surface area (Å²) < 4.78 is 11.0. The molecule has 0 heterocycles. The van der Waals surface area contributed by atoms with Gasteiger partial charge in [0, 0.05) is 23.4 Å². The minimum Gasteiger partial charge on any atom is -0.493 e. The van der Waals surface area contributed by atoms with E-state index in [0.717, 1.165) is 19.3 Å². The molecule has 6 nitrogen and oxygen atoms in total. The quantitative estimate of drug-likeness (QED) is 0.542. The zero-order valence-corrected chi connectivity index (χ0v) is 17.8. The predicted molar refractivity (Wildman–Crippen MR) is 119 cm³/mol. The van der Waals surface area contributed by atoms with Gasteiger partial charge in [-0.3, -0.25) is 9.59 Å². The van der Waals surface area contributed by atoms with Crippen LogP contribution in [0.25, 0.3) is 6.08 Å². The van der Waals surface area contributed by atoms with Crippen LogP contribution in [0.4, 0.5) is 11.4 Å². The van der Waals surface area contributed by atoms with E-state index < -0.39 is 0 Å². The number of rotatable bonds is 9. The van der Waals surface area contributed by atoms with Crippen molar-refractivity contribution in [3.63, 3.8) is 0 Å². The molecule has 1 fully saturated rings. The lowest BCUT2D eigenvalue weighted by Gasteiger charge is -2.12. The molecule has 3 rings (SSSR count). The first-order valence-electron chi connectivity index (χ1n) is 9.90. The number of carbonyl (C=O) groups is 2. The summed E-state index contributed by atoms with van der Waals surface area (Å²) >= 11 is 6.30. The lowest BCUT2D eigenvalue weighted by molar-refractivity contribution is -0.117. The molecule has 0 radical (unpaired) electrons. The predicted octanol–water partition coefficient (Wildman–Crippen LogP) is 5.14. The fourth-order valence-electron chi connectivity index (χ4n) is 2.76. The molecule has 1 saturated carbocycles. The van der Waals surface area contributed by atoms with Gasteiger partial charge in [-0.05, 0) is 67.3 Å². The second-order valence-electron chi connectivity index (χ2n) is 7.05. The molecule has 2 N–H and O–H groups in total. The zero-order valence-electron chi connectivity index (χ0n) is 17.0. The Kier molecular flexibility index (Phi) is 7.36. The summed E-state index contributed by atoms with van der Waals surface area (Å²) in [5.74, 6) is 0.923. The second-order valence-corrected chi connectivity index (χ2v) is 7.45. The van der Waals surface area contributed by atoms with E-state index in [2.05, 4.69) is 10.6 Å². The number of amides is 2. The van der Waals surface area contributed by atoms with Crippen molar-refractivity contribution in [3.8, 4) is 11.5 Å². The Morgan fingerprint density at radius 3 is 2.40 bits per heavy atom. The Balaban J connectivity index is 1.60. The summed E-state index contributed by atoms with van der Waals surface area (Å²) in [4.78, 5) is 24.0. The van der Waals surface area contributed by atoms with E-state index in [1.165, 1.54) is 6.08 Å². The Morgan fingerprint density at radius 2 is 1.80 bits per heavy atom. The number of hydrogen-bond donors (Lipinski definition) is 2. The molecular formula is C23H25ClN2O4. The average molecular weight is 429 g/mol. The summed E-state index contributed by atoms with van der Waals surface area (Å²) in [6, 6.07) is 10.5.